The van der Waals surface area contributed by atoms with Crippen LogP contribution in [0.4, 0.5) is 0 Å². The molecule has 2 atom stereocenters. The lowest BCUT2D eigenvalue weighted by atomic mass is 9.47. The lowest BCUT2D eigenvalue weighted by molar-refractivity contribution is -0.00659. The molecule has 2 saturated heterocycles. The molecule has 31 heavy (non-hydrogen) atoms. The molecule has 170 valence electrons. The summed E-state index contributed by atoms with van der Waals surface area (Å²) >= 11 is 0. The average molecular weight is 427 g/mol. The predicted molar refractivity (Wildman–Crippen MR) is 120 cm³/mol. The third-order valence-electron chi connectivity index (χ3n) is 8.51. The molecule has 4 saturated carbocycles. The van der Waals surface area contributed by atoms with E-state index in [0.717, 1.165) is 42.5 Å². The largest absolute Gasteiger partial charge is 0.490 e. The SMILES string of the molecule is Cc1c(OCC2CO2)c(C(C)(C)C)cc(C23CC4CC(CC(C4)C2)C3)c1OCC1CO1. The summed E-state index contributed by atoms with van der Waals surface area (Å²) in [5.41, 5.74) is 4.28. The Morgan fingerprint density at radius 3 is 1.81 bits per heavy atom. The number of hydrogen-bond donors (Lipinski definition) is 0. The van der Waals surface area contributed by atoms with Crippen LogP contribution in [0.5, 0.6) is 11.5 Å². The van der Waals surface area contributed by atoms with E-state index in [-0.39, 0.29) is 23.0 Å². The second-order valence-electron chi connectivity index (χ2n) is 12.2. The molecule has 0 amide bonds. The first-order chi connectivity index (χ1) is 14.8. The Kier molecular flexibility index (Phi) is 4.67. The van der Waals surface area contributed by atoms with Crippen LogP contribution in [0.2, 0.25) is 0 Å². The number of ether oxygens (including phenoxy) is 4. The van der Waals surface area contributed by atoms with Gasteiger partial charge >= 0.3 is 0 Å². The van der Waals surface area contributed by atoms with Crippen molar-refractivity contribution in [3.05, 3.63) is 22.8 Å². The summed E-state index contributed by atoms with van der Waals surface area (Å²) in [5.74, 6) is 4.84. The van der Waals surface area contributed by atoms with E-state index in [1.807, 2.05) is 0 Å². The molecule has 1 aromatic rings. The quantitative estimate of drug-likeness (QED) is 0.554. The van der Waals surface area contributed by atoms with E-state index in [0.29, 0.717) is 13.2 Å². The van der Waals surface area contributed by atoms with Gasteiger partial charge in [-0.1, -0.05) is 20.8 Å². The Bertz CT molecular complexity index is 824. The molecule has 7 rings (SSSR count). The van der Waals surface area contributed by atoms with Gasteiger partial charge < -0.3 is 18.9 Å². The highest BCUT2D eigenvalue weighted by atomic mass is 16.6. The summed E-state index contributed by atoms with van der Waals surface area (Å²) in [6.07, 6.45) is 8.91. The third kappa shape index (κ3) is 3.78. The Morgan fingerprint density at radius 1 is 0.871 bits per heavy atom. The van der Waals surface area contributed by atoms with Crippen molar-refractivity contribution in [2.75, 3.05) is 26.4 Å². The molecule has 4 nitrogen and oxygen atoms in total. The Hall–Kier alpha value is -1.26. The topological polar surface area (TPSA) is 43.5 Å². The zero-order valence-electron chi connectivity index (χ0n) is 19.7. The van der Waals surface area contributed by atoms with E-state index in [2.05, 4.69) is 33.8 Å². The van der Waals surface area contributed by atoms with Crippen molar-refractivity contribution in [1.82, 2.24) is 0 Å². The van der Waals surface area contributed by atoms with Gasteiger partial charge in [0, 0.05) is 16.7 Å². The summed E-state index contributed by atoms with van der Waals surface area (Å²) in [6, 6.07) is 2.49. The average Bonchev–Trinajstić information content (AvgIpc) is 3.58. The summed E-state index contributed by atoms with van der Waals surface area (Å²) in [5, 5.41) is 0. The highest BCUT2D eigenvalue weighted by molar-refractivity contribution is 5.59. The zero-order valence-corrected chi connectivity index (χ0v) is 19.7. The summed E-state index contributed by atoms with van der Waals surface area (Å²) in [7, 11) is 0. The molecule has 6 aliphatic rings. The van der Waals surface area contributed by atoms with E-state index in [4.69, 9.17) is 18.9 Å². The number of rotatable bonds is 7. The van der Waals surface area contributed by atoms with Crippen molar-refractivity contribution >= 4 is 0 Å². The van der Waals surface area contributed by atoms with Crippen molar-refractivity contribution in [1.29, 1.82) is 0 Å². The van der Waals surface area contributed by atoms with Gasteiger partial charge in [0.1, 0.15) is 36.9 Å². The van der Waals surface area contributed by atoms with Gasteiger partial charge in [0.15, 0.2) is 0 Å². The monoisotopic (exact) mass is 426 g/mol. The normalized spacial score (nSPS) is 37.7. The minimum absolute atomic E-state index is 0.0136. The first-order valence-electron chi connectivity index (χ1n) is 12.5. The van der Waals surface area contributed by atoms with Crippen LogP contribution in [0.15, 0.2) is 6.07 Å². The smallest absolute Gasteiger partial charge is 0.129 e. The van der Waals surface area contributed by atoms with E-state index in [9.17, 15) is 0 Å². The van der Waals surface area contributed by atoms with Crippen LogP contribution in [0.1, 0.15) is 76.0 Å². The molecule has 2 unspecified atom stereocenters. The lowest BCUT2D eigenvalue weighted by Gasteiger charge is -2.57. The molecular formula is C27H38O4. The van der Waals surface area contributed by atoms with Crippen LogP contribution in [0.3, 0.4) is 0 Å². The second-order valence-corrected chi connectivity index (χ2v) is 12.2. The molecule has 2 heterocycles. The number of epoxide rings is 2. The van der Waals surface area contributed by atoms with Crippen LogP contribution in [0, 0.1) is 24.7 Å². The maximum atomic E-state index is 6.58. The van der Waals surface area contributed by atoms with Gasteiger partial charge in [-0.25, -0.2) is 0 Å². The van der Waals surface area contributed by atoms with Crippen molar-refractivity contribution < 1.29 is 18.9 Å². The fraction of sp³-hybridized carbons (Fsp3) is 0.778. The van der Waals surface area contributed by atoms with Gasteiger partial charge in [0.25, 0.3) is 0 Å². The second kappa shape index (κ2) is 7.12. The van der Waals surface area contributed by atoms with E-state index >= 15 is 0 Å². The first-order valence-corrected chi connectivity index (χ1v) is 12.5. The highest BCUT2D eigenvalue weighted by Gasteiger charge is 2.53. The Balaban J connectivity index is 1.46. The first kappa shape index (κ1) is 20.4. The van der Waals surface area contributed by atoms with E-state index in [1.165, 1.54) is 55.2 Å². The third-order valence-corrected chi connectivity index (χ3v) is 8.51. The fourth-order valence-corrected chi connectivity index (χ4v) is 7.23. The number of benzene rings is 1. The van der Waals surface area contributed by atoms with Gasteiger partial charge in [0.2, 0.25) is 0 Å². The van der Waals surface area contributed by atoms with Gasteiger partial charge in [-0.3, -0.25) is 0 Å². The number of hydrogen-bond acceptors (Lipinski definition) is 4. The maximum absolute atomic E-state index is 6.58. The predicted octanol–water partition coefficient (Wildman–Crippen LogP) is 5.32. The van der Waals surface area contributed by atoms with Gasteiger partial charge in [-0.15, -0.1) is 0 Å². The summed E-state index contributed by atoms with van der Waals surface area (Å²) < 4.78 is 23.9. The zero-order chi connectivity index (χ0) is 21.4. The minimum Gasteiger partial charge on any atom is -0.490 e. The van der Waals surface area contributed by atoms with Crippen LogP contribution < -0.4 is 9.47 Å². The van der Waals surface area contributed by atoms with Crippen molar-refractivity contribution in [2.45, 2.75) is 89.3 Å². The molecule has 1 aromatic carbocycles. The summed E-state index contributed by atoms with van der Waals surface area (Å²) in [6.45, 7) is 12.1. The molecule has 4 aliphatic carbocycles. The van der Waals surface area contributed by atoms with E-state index in [1.54, 1.807) is 0 Å². The van der Waals surface area contributed by atoms with Crippen molar-refractivity contribution in [3.63, 3.8) is 0 Å². The molecule has 2 aliphatic heterocycles. The highest BCUT2D eigenvalue weighted by Crippen LogP contribution is 2.63. The van der Waals surface area contributed by atoms with Gasteiger partial charge in [0.05, 0.1) is 13.2 Å². The molecule has 0 aromatic heterocycles. The minimum atomic E-state index is 0.0136. The molecule has 4 heteroatoms. The van der Waals surface area contributed by atoms with Gasteiger partial charge in [-0.05, 0) is 80.1 Å². The molecule has 0 radical (unpaired) electrons. The molecule has 6 fully saturated rings. The summed E-state index contributed by atoms with van der Waals surface area (Å²) in [4.78, 5) is 0. The molecular weight excluding hydrogens is 388 g/mol. The molecule has 0 spiro atoms. The lowest BCUT2D eigenvalue weighted by Crippen LogP contribution is -2.48. The standard InChI is InChI=1S/C27H38O4/c1-16-24(30-14-20-12-28-20)22(26(2,3)4)8-23(25(16)31-15-21-13-29-21)27-9-17-5-18(10-27)7-19(6-17)11-27/h8,17-21H,5-7,9-15H2,1-4H3. The maximum Gasteiger partial charge on any atom is 0.129 e. The van der Waals surface area contributed by atoms with Crippen LogP contribution >= 0.6 is 0 Å². The molecule has 4 bridgehead atoms. The van der Waals surface area contributed by atoms with Crippen molar-refractivity contribution in [2.24, 2.45) is 17.8 Å². The fourth-order valence-electron chi connectivity index (χ4n) is 7.23. The van der Waals surface area contributed by atoms with Crippen LogP contribution in [0.25, 0.3) is 0 Å². The Morgan fingerprint density at radius 2 is 1.35 bits per heavy atom. The van der Waals surface area contributed by atoms with Gasteiger partial charge in [-0.2, -0.15) is 0 Å². The van der Waals surface area contributed by atoms with E-state index < -0.39 is 0 Å². The van der Waals surface area contributed by atoms with Crippen LogP contribution in [-0.4, -0.2) is 38.6 Å². The Labute approximate surface area is 187 Å². The van der Waals surface area contributed by atoms with Crippen molar-refractivity contribution in [3.8, 4) is 11.5 Å². The van der Waals surface area contributed by atoms with Crippen LogP contribution in [-0.2, 0) is 20.3 Å². The molecule has 0 N–H and O–H groups in total.